The highest BCUT2D eigenvalue weighted by Crippen LogP contribution is 2.10. The fourth-order valence-electron chi connectivity index (χ4n) is 2.07. The Bertz CT molecular complexity index is 454. The van der Waals surface area contributed by atoms with Crippen molar-refractivity contribution in [3.63, 3.8) is 0 Å². The van der Waals surface area contributed by atoms with E-state index in [0.717, 1.165) is 38.2 Å². The molecule has 0 aliphatic rings. The number of anilines is 1. The molecule has 118 valence electrons. The molecule has 0 aromatic carbocycles. The first-order valence-corrected chi connectivity index (χ1v) is 7.86. The monoisotopic (exact) mass is 292 g/mol. The summed E-state index contributed by atoms with van der Waals surface area (Å²) in [5.74, 6) is 1.04. The van der Waals surface area contributed by atoms with Crippen molar-refractivity contribution in [3.05, 3.63) is 17.5 Å². The molecule has 0 aliphatic carbocycles. The average Bonchev–Trinajstić information content (AvgIpc) is 2.43. The number of rotatable bonds is 8. The van der Waals surface area contributed by atoms with Crippen LogP contribution in [0.25, 0.3) is 0 Å². The van der Waals surface area contributed by atoms with Gasteiger partial charge in [0.2, 0.25) is 5.95 Å². The van der Waals surface area contributed by atoms with E-state index in [9.17, 15) is 4.79 Å². The van der Waals surface area contributed by atoms with Crippen molar-refractivity contribution < 1.29 is 4.79 Å². The Hall–Kier alpha value is -1.65. The van der Waals surface area contributed by atoms with Gasteiger partial charge in [0.25, 0.3) is 5.91 Å². The highest BCUT2D eigenvalue weighted by Gasteiger charge is 2.17. The zero-order valence-electron chi connectivity index (χ0n) is 13.9. The Morgan fingerprint density at radius 2 is 1.86 bits per heavy atom. The SMILES string of the molecule is CCCN(CCC)C(=O)c1cc(C)nc(NCC(C)C)n1. The lowest BCUT2D eigenvalue weighted by Gasteiger charge is -2.21. The van der Waals surface area contributed by atoms with Crippen LogP contribution in [0.5, 0.6) is 0 Å². The topological polar surface area (TPSA) is 58.1 Å². The molecule has 1 rings (SSSR count). The third-order valence-corrected chi connectivity index (χ3v) is 3.02. The van der Waals surface area contributed by atoms with Crippen molar-refractivity contribution >= 4 is 11.9 Å². The van der Waals surface area contributed by atoms with Crippen LogP contribution in [-0.2, 0) is 0 Å². The molecule has 1 aromatic rings. The molecule has 0 radical (unpaired) electrons. The molecule has 0 unspecified atom stereocenters. The van der Waals surface area contributed by atoms with Crippen LogP contribution in [0.1, 0.15) is 56.7 Å². The zero-order valence-corrected chi connectivity index (χ0v) is 13.9. The number of aromatic nitrogens is 2. The van der Waals surface area contributed by atoms with E-state index in [-0.39, 0.29) is 5.91 Å². The Morgan fingerprint density at radius 3 is 2.38 bits per heavy atom. The van der Waals surface area contributed by atoms with Gasteiger partial charge in [-0.1, -0.05) is 27.7 Å². The van der Waals surface area contributed by atoms with Gasteiger partial charge in [0, 0.05) is 25.3 Å². The molecule has 0 saturated carbocycles. The van der Waals surface area contributed by atoms with Gasteiger partial charge in [0.15, 0.2) is 0 Å². The minimum atomic E-state index is -0.00297. The van der Waals surface area contributed by atoms with Crippen molar-refractivity contribution in [2.75, 3.05) is 25.0 Å². The number of aryl methyl sites for hydroxylation is 1. The minimum Gasteiger partial charge on any atom is -0.354 e. The first-order valence-electron chi connectivity index (χ1n) is 7.86. The summed E-state index contributed by atoms with van der Waals surface area (Å²) >= 11 is 0. The maximum absolute atomic E-state index is 12.6. The maximum Gasteiger partial charge on any atom is 0.272 e. The van der Waals surface area contributed by atoms with Crippen LogP contribution < -0.4 is 5.32 Å². The zero-order chi connectivity index (χ0) is 15.8. The third kappa shape index (κ3) is 5.69. The smallest absolute Gasteiger partial charge is 0.272 e. The van der Waals surface area contributed by atoms with Gasteiger partial charge in [-0.2, -0.15) is 0 Å². The maximum atomic E-state index is 12.6. The van der Waals surface area contributed by atoms with Crippen molar-refractivity contribution in [1.29, 1.82) is 0 Å². The van der Waals surface area contributed by atoms with Crippen molar-refractivity contribution in [2.45, 2.75) is 47.5 Å². The molecule has 21 heavy (non-hydrogen) atoms. The number of nitrogens with one attached hydrogen (secondary N) is 1. The second-order valence-electron chi connectivity index (χ2n) is 5.79. The fraction of sp³-hybridized carbons (Fsp3) is 0.688. The summed E-state index contributed by atoms with van der Waals surface area (Å²) in [5, 5.41) is 3.19. The summed E-state index contributed by atoms with van der Waals surface area (Å²) in [5.41, 5.74) is 1.29. The predicted octanol–water partition coefficient (Wildman–Crippen LogP) is 3.12. The van der Waals surface area contributed by atoms with Crippen molar-refractivity contribution in [3.8, 4) is 0 Å². The Balaban J connectivity index is 2.91. The van der Waals surface area contributed by atoms with Gasteiger partial charge in [-0.3, -0.25) is 4.79 Å². The molecule has 0 bridgehead atoms. The Labute approximate surface area is 128 Å². The van der Waals surface area contributed by atoms with Gasteiger partial charge in [-0.15, -0.1) is 0 Å². The van der Waals surface area contributed by atoms with Crippen LogP contribution >= 0.6 is 0 Å². The van der Waals surface area contributed by atoms with Crippen molar-refractivity contribution in [1.82, 2.24) is 14.9 Å². The third-order valence-electron chi connectivity index (χ3n) is 3.02. The molecule has 5 nitrogen and oxygen atoms in total. The first-order chi connectivity index (χ1) is 9.97. The molecule has 5 heteroatoms. The summed E-state index contributed by atoms with van der Waals surface area (Å²) in [7, 11) is 0. The van der Waals surface area contributed by atoms with Gasteiger partial charge >= 0.3 is 0 Å². The van der Waals surface area contributed by atoms with Crippen LogP contribution in [-0.4, -0.2) is 40.4 Å². The van der Waals surface area contributed by atoms with Crippen molar-refractivity contribution in [2.24, 2.45) is 5.92 Å². The molecule has 0 aliphatic heterocycles. The highest BCUT2D eigenvalue weighted by atomic mass is 16.2. The average molecular weight is 292 g/mol. The second kappa shape index (κ2) is 8.60. The summed E-state index contributed by atoms with van der Waals surface area (Å²) in [6, 6.07) is 1.77. The van der Waals surface area contributed by atoms with Crippen LogP contribution in [0.15, 0.2) is 6.07 Å². The fourth-order valence-corrected chi connectivity index (χ4v) is 2.07. The number of carbonyl (C=O) groups is 1. The summed E-state index contributed by atoms with van der Waals surface area (Å²) in [6.45, 7) is 12.6. The molecular formula is C16H28N4O. The van der Waals surface area contributed by atoms with E-state index in [1.165, 1.54) is 0 Å². The minimum absolute atomic E-state index is 0.00297. The lowest BCUT2D eigenvalue weighted by molar-refractivity contribution is 0.0749. The first kappa shape index (κ1) is 17.4. The molecule has 0 spiro atoms. The standard InChI is InChI=1S/C16H28N4O/c1-6-8-20(9-7-2)15(21)14-10-13(5)18-16(19-14)17-11-12(3)4/h10,12H,6-9,11H2,1-5H3,(H,17,18,19). The molecule has 1 N–H and O–H groups in total. The summed E-state index contributed by atoms with van der Waals surface area (Å²) in [4.78, 5) is 23.2. The molecule has 0 atom stereocenters. The van der Waals surface area contributed by atoms with E-state index in [1.807, 2.05) is 11.8 Å². The van der Waals surface area contributed by atoms with E-state index in [2.05, 4.69) is 43.0 Å². The van der Waals surface area contributed by atoms with Gasteiger partial charge in [0.05, 0.1) is 0 Å². The molecule has 1 aromatic heterocycles. The van der Waals surface area contributed by atoms with Crippen LogP contribution in [0, 0.1) is 12.8 Å². The normalized spacial score (nSPS) is 10.8. The quantitative estimate of drug-likeness (QED) is 0.800. The largest absolute Gasteiger partial charge is 0.354 e. The molecule has 0 fully saturated rings. The van der Waals surface area contributed by atoms with E-state index in [4.69, 9.17) is 0 Å². The van der Waals surface area contributed by atoms with Gasteiger partial charge in [-0.05, 0) is 31.7 Å². The number of hydrogen-bond acceptors (Lipinski definition) is 4. The number of amides is 1. The second-order valence-corrected chi connectivity index (χ2v) is 5.79. The van der Waals surface area contributed by atoms with Gasteiger partial charge in [0.1, 0.15) is 5.69 Å². The highest BCUT2D eigenvalue weighted by molar-refractivity contribution is 5.92. The molecule has 0 saturated heterocycles. The lowest BCUT2D eigenvalue weighted by Crippen LogP contribution is -2.33. The van der Waals surface area contributed by atoms with Crippen LogP contribution in [0.2, 0.25) is 0 Å². The van der Waals surface area contributed by atoms with Gasteiger partial charge in [-0.25, -0.2) is 9.97 Å². The summed E-state index contributed by atoms with van der Waals surface area (Å²) < 4.78 is 0. The number of hydrogen-bond donors (Lipinski definition) is 1. The Kier molecular flexibility index (Phi) is 7.12. The number of nitrogens with zero attached hydrogens (tertiary/aromatic N) is 3. The summed E-state index contributed by atoms with van der Waals surface area (Å²) in [6.07, 6.45) is 1.91. The van der Waals surface area contributed by atoms with E-state index in [0.29, 0.717) is 17.6 Å². The lowest BCUT2D eigenvalue weighted by atomic mass is 10.2. The van der Waals surface area contributed by atoms with Crippen LogP contribution in [0.3, 0.4) is 0 Å². The molecular weight excluding hydrogens is 264 g/mol. The molecule has 1 amide bonds. The van der Waals surface area contributed by atoms with Gasteiger partial charge < -0.3 is 10.2 Å². The molecule has 1 heterocycles. The van der Waals surface area contributed by atoms with Crippen LogP contribution in [0.4, 0.5) is 5.95 Å². The van der Waals surface area contributed by atoms with E-state index >= 15 is 0 Å². The Morgan fingerprint density at radius 1 is 1.24 bits per heavy atom. The van der Waals surface area contributed by atoms with E-state index < -0.39 is 0 Å². The number of carbonyl (C=O) groups excluding carboxylic acids is 1. The van der Waals surface area contributed by atoms with E-state index in [1.54, 1.807) is 6.07 Å². The predicted molar refractivity (Wildman–Crippen MR) is 86.6 cm³/mol.